The summed E-state index contributed by atoms with van der Waals surface area (Å²) in [4.78, 5) is -0.737. The fraction of sp³-hybridized carbons (Fsp3) is 0. The molecule has 0 fully saturated rings. The second-order valence-corrected chi connectivity index (χ2v) is 8.31. The second-order valence-electron chi connectivity index (χ2n) is 3.32. The average molecular weight is 358 g/mol. The monoisotopic (exact) mass is 358 g/mol. The molecule has 0 saturated carbocycles. The fourth-order valence-corrected chi connectivity index (χ4v) is 5.23. The fourth-order valence-electron chi connectivity index (χ4n) is 1.13. The summed E-state index contributed by atoms with van der Waals surface area (Å²) < 4.78 is 71.3. The largest absolute Gasteiger partial charge is 0.470 e. The highest BCUT2D eigenvalue weighted by Crippen LogP contribution is 2.43. The van der Waals surface area contributed by atoms with E-state index in [-0.39, 0.29) is 9.79 Å². The Morgan fingerprint density at radius 1 is 0.750 bits per heavy atom. The van der Waals surface area contributed by atoms with E-state index in [0.29, 0.717) is 0 Å². The number of hydrogen-bond acceptors (Lipinski definition) is 8. The van der Waals surface area contributed by atoms with Gasteiger partial charge in [-0.3, -0.25) is 9.11 Å². The van der Waals surface area contributed by atoms with E-state index in [9.17, 15) is 16.8 Å². The summed E-state index contributed by atoms with van der Waals surface area (Å²) in [6.07, 6.45) is 3.84. The molecular formula is C8H6O8S4. The van der Waals surface area contributed by atoms with E-state index in [2.05, 4.69) is 8.83 Å². The zero-order valence-electron chi connectivity index (χ0n) is 9.29. The third kappa shape index (κ3) is 3.39. The molecule has 2 rings (SSSR count). The highest BCUT2D eigenvalue weighted by atomic mass is 33.1. The standard InChI is InChI=1S/C8H6O8S4/c9-19(10,11)7-3-15-1-5(7)17-18-6-2-16-4-8(6)20(12,13)14/h1-4H,(H,9,10,11)(H,12,13,14). The molecule has 0 spiro atoms. The summed E-state index contributed by atoms with van der Waals surface area (Å²) in [6.45, 7) is 0. The van der Waals surface area contributed by atoms with Gasteiger partial charge in [0.25, 0.3) is 20.2 Å². The second kappa shape index (κ2) is 5.46. The minimum Gasteiger partial charge on any atom is -0.470 e. The van der Waals surface area contributed by atoms with E-state index in [1.807, 2.05) is 0 Å². The predicted octanol–water partition coefficient (Wildman–Crippen LogP) is 2.17. The zero-order valence-corrected chi connectivity index (χ0v) is 12.6. The van der Waals surface area contributed by atoms with Crippen molar-refractivity contribution >= 4 is 41.8 Å². The van der Waals surface area contributed by atoms with Gasteiger partial charge in [-0.25, -0.2) is 0 Å². The molecule has 12 heteroatoms. The summed E-state index contributed by atoms with van der Waals surface area (Å²) in [5, 5.41) is 0. The van der Waals surface area contributed by atoms with Crippen LogP contribution in [0.15, 0.2) is 53.5 Å². The third-order valence-electron chi connectivity index (χ3n) is 1.96. The van der Waals surface area contributed by atoms with Gasteiger partial charge in [0, 0.05) is 0 Å². The molecule has 0 aliphatic carbocycles. The zero-order chi connectivity index (χ0) is 15.0. The highest BCUT2D eigenvalue weighted by Gasteiger charge is 2.22. The van der Waals surface area contributed by atoms with Crippen molar-refractivity contribution < 1.29 is 34.8 Å². The normalized spacial score (nSPS) is 12.7. The summed E-state index contributed by atoms with van der Waals surface area (Å²) in [6, 6.07) is 0. The lowest BCUT2D eigenvalue weighted by Gasteiger charge is -1.99. The van der Waals surface area contributed by atoms with Gasteiger partial charge in [-0.15, -0.1) is 0 Å². The number of furan rings is 2. The topological polar surface area (TPSA) is 135 Å². The number of hydrogen-bond donors (Lipinski definition) is 2. The first-order valence-electron chi connectivity index (χ1n) is 4.61. The van der Waals surface area contributed by atoms with Crippen LogP contribution in [0.2, 0.25) is 0 Å². The van der Waals surface area contributed by atoms with Gasteiger partial charge in [-0.2, -0.15) is 16.8 Å². The van der Waals surface area contributed by atoms with Crippen molar-refractivity contribution in [1.29, 1.82) is 0 Å². The Morgan fingerprint density at radius 2 is 1.10 bits per heavy atom. The molecule has 0 radical (unpaired) electrons. The van der Waals surface area contributed by atoms with Crippen LogP contribution in [0.25, 0.3) is 0 Å². The molecule has 0 atom stereocenters. The van der Waals surface area contributed by atoms with Crippen molar-refractivity contribution in [3.63, 3.8) is 0 Å². The molecule has 2 aromatic rings. The predicted molar refractivity (Wildman–Crippen MR) is 68.8 cm³/mol. The van der Waals surface area contributed by atoms with Gasteiger partial charge in [0.1, 0.15) is 34.8 Å². The van der Waals surface area contributed by atoms with E-state index in [1.165, 1.54) is 0 Å². The van der Waals surface area contributed by atoms with Crippen LogP contribution in [-0.2, 0) is 20.2 Å². The first-order valence-corrected chi connectivity index (χ1v) is 9.64. The summed E-state index contributed by atoms with van der Waals surface area (Å²) >= 11 is 0. The molecule has 2 aromatic heterocycles. The van der Waals surface area contributed by atoms with Crippen LogP contribution in [-0.4, -0.2) is 25.9 Å². The van der Waals surface area contributed by atoms with Crippen molar-refractivity contribution in [2.75, 3.05) is 0 Å². The van der Waals surface area contributed by atoms with Gasteiger partial charge in [0.2, 0.25) is 0 Å². The molecule has 0 unspecified atom stereocenters. The molecule has 0 saturated heterocycles. The van der Waals surface area contributed by atoms with E-state index in [0.717, 1.165) is 46.6 Å². The SMILES string of the molecule is O=S(=O)(O)c1cocc1SSc1cocc1S(=O)(=O)O. The van der Waals surface area contributed by atoms with Gasteiger partial charge in [0.15, 0.2) is 0 Å². The molecule has 0 aromatic carbocycles. The van der Waals surface area contributed by atoms with Crippen LogP contribution in [0.4, 0.5) is 0 Å². The Balaban J connectivity index is 2.23. The van der Waals surface area contributed by atoms with Crippen LogP contribution < -0.4 is 0 Å². The average Bonchev–Trinajstić information content (AvgIpc) is 2.93. The maximum Gasteiger partial charge on any atom is 0.298 e. The molecule has 0 amide bonds. The lowest BCUT2D eigenvalue weighted by atomic mass is 10.7. The Kier molecular flexibility index (Phi) is 4.22. The van der Waals surface area contributed by atoms with E-state index in [4.69, 9.17) is 9.11 Å². The quantitative estimate of drug-likeness (QED) is 0.604. The van der Waals surface area contributed by atoms with Crippen molar-refractivity contribution in [3.8, 4) is 0 Å². The van der Waals surface area contributed by atoms with E-state index in [1.54, 1.807) is 0 Å². The summed E-state index contributed by atoms with van der Waals surface area (Å²) in [5.41, 5.74) is 0. The molecular weight excluding hydrogens is 352 g/mol. The van der Waals surface area contributed by atoms with Crippen LogP contribution in [0, 0.1) is 0 Å². The van der Waals surface area contributed by atoms with Crippen molar-refractivity contribution in [2.24, 2.45) is 0 Å². The maximum absolute atomic E-state index is 11.0. The summed E-state index contributed by atoms with van der Waals surface area (Å²) in [7, 11) is -7.24. The molecule has 0 aliphatic rings. The molecule has 0 aliphatic heterocycles. The molecule has 8 nitrogen and oxygen atoms in total. The Bertz CT molecular complexity index is 742. The Morgan fingerprint density at radius 3 is 1.40 bits per heavy atom. The Hall–Kier alpha value is -0.920. The van der Waals surface area contributed by atoms with Crippen molar-refractivity contribution in [1.82, 2.24) is 0 Å². The van der Waals surface area contributed by atoms with Crippen LogP contribution >= 0.6 is 21.6 Å². The molecule has 2 N–H and O–H groups in total. The molecule has 20 heavy (non-hydrogen) atoms. The lowest BCUT2D eigenvalue weighted by Crippen LogP contribution is -1.97. The molecule has 2 heterocycles. The van der Waals surface area contributed by atoms with Crippen LogP contribution in [0.3, 0.4) is 0 Å². The molecule has 0 bridgehead atoms. The smallest absolute Gasteiger partial charge is 0.298 e. The lowest BCUT2D eigenvalue weighted by molar-refractivity contribution is 0.476. The highest BCUT2D eigenvalue weighted by molar-refractivity contribution is 8.76. The van der Waals surface area contributed by atoms with Crippen molar-refractivity contribution in [3.05, 3.63) is 25.1 Å². The number of rotatable bonds is 5. The van der Waals surface area contributed by atoms with Gasteiger partial charge in [-0.1, -0.05) is 0 Å². The van der Waals surface area contributed by atoms with E-state index < -0.39 is 30.0 Å². The maximum atomic E-state index is 11.0. The minimum atomic E-state index is -4.44. The van der Waals surface area contributed by atoms with Gasteiger partial charge < -0.3 is 8.83 Å². The van der Waals surface area contributed by atoms with Crippen LogP contribution in [0.1, 0.15) is 0 Å². The minimum absolute atomic E-state index is 0.0694. The first kappa shape index (κ1) is 15.5. The first-order chi connectivity index (χ1) is 9.19. The third-order valence-corrected chi connectivity index (χ3v) is 6.37. The van der Waals surface area contributed by atoms with Gasteiger partial charge in [-0.05, 0) is 21.6 Å². The van der Waals surface area contributed by atoms with E-state index >= 15 is 0 Å². The van der Waals surface area contributed by atoms with Gasteiger partial charge in [0.05, 0.1) is 9.79 Å². The van der Waals surface area contributed by atoms with Gasteiger partial charge >= 0.3 is 0 Å². The van der Waals surface area contributed by atoms with Crippen LogP contribution in [0.5, 0.6) is 0 Å². The molecule has 110 valence electrons. The summed E-state index contributed by atoms with van der Waals surface area (Å²) in [5.74, 6) is 0. The Labute approximate surface area is 121 Å². The van der Waals surface area contributed by atoms with Crippen molar-refractivity contribution in [2.45, 2.75) is 19.6 Å².